The van der Waals surface area contributed by atoms with E-state index in [0.29, 0.717) is 11.4 Å². The summed E-state index contributed by atoms with van der Waals surface area (Å²) in [7, 11) is 0. The van der Waals surface area contributed by atoms with Crippen LogP contribution in [0.5, 0.6) is 0 Å². The molecule has 1 saturated heterocycles. The Labute approximate surface area is 164 Å². The third-order valence-corrected chi connectivity index (χ3v) is 5.20. The van der Waals surface area contributed by atoms with E-state index in [1.807, 2.05) is 55.5 Å². The summed E-state index contributed by atoms with van der Waals surface area (Å²) in [4.78, 5) is 17.0. The second-order valence-corrected chi connectivity index (χ2v) is 6.85. The predicted octanol–water partition coefficient (Wildman–Crippen LogP) is 3.81. The quantitative estimate of drug-likeness (QED) is 0.701. The summed E-state index contributed by atoms with van der Waals surface area (Å²) in [5, 5.41) is 9.60. The molecular weight excluding hydrogens is 350 g/mol. The number of nitrogens with zero attached hydrogens (tertiary/aromatic N) is 3. The van der Waals surface area contributed by atoms with Crippen LogP contribution in [0, 0.1) is 18.3 Å². The Hall–Kier alpha value is -3.52. The van der Waals surface area contributed by atoms with Gasteiger partial charge in [0, 0.05) is 43.0 Å². The van der Waals surface area contributed by atoms with Gasteiger partial charge in [0.05, 0.1) is 5.69 Å². The normalized spacial score (nSPS) is 14.0. The van der Waals surface area contributed by atoms with Gasteiger partial charge in [0.25, 0.3) is 0 Å². The lowest BCUT2D eigenvalue weighted by molar-refractivity contribution is 0.518. The third-order valence-electron chi connectivity index (χ3n) is 5.20. The predicted molar refractivity (Wildman–Crippen MR) is 111 cm³/mol. The summed E-state index contributed by atoms with van der Waals surface area (Å²) in [6, 6.07) is 21.9. The van der Waals surface area contributed by atoms with Gasteiger partial charge in [-0.25, -0.2) is 4.79 Å². The van der Waals surface area contributed by atoms with Crippen LogP contribution < -0.4 is 15.4 Å². The van der Waals surface area contributed by atoms with E-state index in [1.54, 1.807) is 0 Å². The Kier molecular flexibility index (Phi) is 4.86. The van der Waals surface area contributed by atoms with Crippen molar-refractivity contribution in [2.24, 2.45) is 0 Å². The largest absolute Gasteiger partial charge is 0.421 e. The Morgan fingerprint density at radius 2 is 1.46 bits per heavy atom. The van der Waals surface area contributed by atoms with Gasteiger partial charge in [-0.05, 0) is 19.1 Å². The minimum Gasteiger partial charge on any atom is -0.421 e. The molecular formula is C23H21N3O2. The van der Waals surface area contributed by atoms with E-state index in [-0.39, 0.29) is 5.56 Å². The van der Waals surface area contributed by atoms with Crippen molar-refractivity contribution in [1.29, 1.82) is 5.26 Å². The van der Waals surface area contributed by atoms with Crippen molar-refractivity contribution in [2.45, 2.75) is 6.92 Å². The summed E-state index contributed by atoms with van der Waals surface area (Å²) in [6.45, 7) is 5.06. The average molecular weight is 371 g/mol. The lowest BCUT2D eigenvalue weighted by Gasteiger charge is -2.38. The highest BCUT2D eigenvalue weighted by molar-refractivity contribution is 5.73. The molecule has 140 valence electrons. The Balaban J connectivity index is 1.69. The standard InChI is InChI=1S/C23H21N3O2/c1-17-21(26-14-12-25(13-15-26)19-10-6-3-7-11-19)20(16-24)23(27)28-22(17)18-8-4-2-5-9-18/h2-11H,12-15H2,1H3. The first-order valence-electron chi connectivity index (χ1n) is 9.37. The molecule has 0 N–H and O–H groups in total. The van der Waals surface area contributed by atoms with E-state index < -0.39 is 5.63 Å². The van der Waals surface area contributed by atoms with E-state index in [9.17, 15) is 10.1 Å². The van der Waals surface area contributed by atoms with Crippen LogP contribution in [0.3, 0.4) is 0 Å². The Morgan fingerprint density at radius 1 is 0.893 bits per heavy atom. The number of anilines is 2. The van der Waals surface area contributed by atoms with Crippen LogP contribution in [-0.4, -0.2) is 26.2 Å². The van der Waals surface area contributed by atoms with Gasteiger partial charge < -0.3 is 14.2 Å². The number of rotatable bonds is 3. The average Bonchev–Trinajstić information content (AvgIpc) is 2.76. The lowest BCUT2D eigenvalue weighted by atomic mass is 10.0. The summed E-state index contributed by atoms with van der Waals surface area (Å²) < 4.78 is 5.52. The van der Waals surface area contributed by atoms with Gasteiger partial charge in [0.1, 0.15) is 11.8 Å². The van der Waals surface area contributed by atoms with Crippen LogP contribution >= 0.6 is 0 Å². The molecule has 0 bridgehead atoms. The summed E-state index contributed by atoms with van der Waals surface area (Å²) >= 11 is 0. The van der Waals surface area contributed by atoms with Crippen LogP contribution in [0.1, 0.15) is 11.1 Å². The zero-order valence-electron chi connectivity index (χ0n) is 15.8. The van der Waals surface area contributed by atoms with Crippen LogP contribution in [0.4, 0.5) is 11.4 Å². The first-order valence-corrected chi connectivity index (χ1v) is 9.37. The van der Waals surface area contributed by atoms with E-state index in [1.165, 1.54) is 5.69 Å². The number of benzene rings is 2. The summed E-state index contributed by atoms with van der Waals surface area (Å²) in [5.74, 6) is 0.532. The van der Waals surface area contributed by atoms with Gasteiger partial charge in [-0.1, -0.05) is 48.5 Å². The molecule has 0 spiro atoms. The van der Waals surface area contributed by atoms with Crippen LogP contribution in [0.15, 0.2) is 69.9 Å². The van der Waals surface area contributed by atoms with E-state index in [0.717, 1.165) is 37.3 Å². The topological polar surface area (TPSA) is 60.5 Å². The molecule has 0 amide bonds. The van der Waals surface area contributed by atoms with Crippen molar-refractivity contribution in [3.63, 3.8) is 0 Å². The van der Waals surface area contributed by atoms with Gasteiger partial charge in [-0.2, -0.15) is 5.26 Å². The van der Waals surface area contributed by atoms with Crippen molar-refractivity contribution in [3.8, 4) is 17.4 Å². The molecule has 2 aromatic carbocycles. The maximum Gasteiger partial charge on any atom is 0.356 e. The lowest BCUT2D eigenvalue weighted by Crippen LogP contribution is -2.47. The van der Waals surface area contributed by atoms with Crippen LogP contribution in [0.2, 0.25) is 0 Å². The monoisotopic (exact) mass is 371 g/mol. The zero-order valence-corrected chi connectivity index (χ0v) is 15.8. The SMILES string of the molecule is Cc1c(-c2ccccc2)oc(=O)c(C#N)c1N1CCN(c2ccccc2)CC1. The second-order valence-electron chi connectivity index (χ2n) is 6.85. The van der Waals surface area contributed by atoms with E-state index in [2.05, 4.69) is 28.0 Å². The third kappa shape index (κ3) is 3.25. The van der Waals surface area contributed by atoms with Crippen molar-refractivity contribution < 1.29 is 4.42 Å². The molecule has 0 radical (unpaired) electrons. The molecule has 5 nitrogen and oxygen atoms in total. The number of hydrogen-bond donors (Lipinski definition) is 0. The molecule has 5 heteroatoms. The number of para-hydroxylation sites is 1. The first-order chi connectivity index (χ1) is 13.7. The molecule has 0 unspecified atom stereocenters. The van der Waals surface area contributed by atoms with Gasteiger partial charge in [0.2, 0.25) is 0 Å². The van der Waals surface area contributed by atoms with Crippen molar-refractivity contribution in [1.82, 2.24) is 0 Å². The molecule has 0 atom stereocenters. The molecule has 0 saturated carbocycles. The summed E-state index contributed by atoms with van der Waals surface area (Å²) in [5.41, 5.74) is 3.07. The minimum atomic E-state index is -0.576. The molecule has 1 aromatic heterocycles. The van der Waals surface area contributed by atoms with E-state index >= 15 is 0 Å². The summed E-state index contributed by atoms with van der Waals surface area (Å²) in [6.07, 6.45) is 0. The van der Waals surface area contributed by atoms with Gasteiger partial charge in [-0.15, -0.1) is 0 Å². The molecule has 4 rings (SSSR count). The van der Waals surface area contributed by atoms with Gasteiger partial charge in [0.15, 0.2) is 5.56 Å². The van der Waals surface area contributed by atoms with Crippen LogP contribution in [0.25, 0.3) is 11.3 Å². The maximum absolute atomic E-state index is 12.5. The fourth-order valence-corrected chi connectivity index (χ4v) is 3.80. The molecule has 0 aliphatic carbocycles. The first kappa shape index (κ1) is 17.9. The zero-order chi connectivity index (χ0) is 19.5. The minimum absolute atomic E-state index is 0.0883. The fraction of sp³-hybridized carbons (Fsp3) is 0.217. The highest BCUT2D eigenvalue weighted by Crippen LogP contribution is 2.32. The van der Waals surface area contributed by atoms with Crippen molar-refractivity contribution >= 4 is 11.4 Å². The molecule has 1 aliphatic heterocycles. The molecule has 1 aliphatic rings. The van der Waals surface area contributed by atoms with Crippen molar-refractivity contribution in [3.05, 3.63) is 82.2 Å². The molecule has 3 aromatic rings. The maximum atomic E-state index is 12.5. The highest BCUT2D eigenvalue weighted by atomic mass is 16.4. The molecule has 1 fully saturated rings. The number of piperazine rings is 1. The number of hydrogen-bond acceptors (Lipinski definition) is 5. The molecule has 28 heavy (non-hydrogen) atoms. The van der Waals surface area contributed by atoms with E-state index in [4.69, 9.17) is 4.42 Å². The highest BCUT2D eigenvalue weighted by Gasteiger charge is 2.25. The van der Waals surface area contributed by atoms with Crippen LogP contribution in [-0.2, 0) is 0 Å². The van der Waals surface area contributed by atoms with Gasteiger partial charge in [-0.3, -0.25) is 0 Å². The second kappa shape index (κ2) is 7.61. The van der Waals surface area contributed by atoms with Crippen molar-refractivity contribution in [2.75, 3.05) is 36.0 Å². The number of nitriles is 1. The Morgan fingerprint density at radius 3 is 2.07 bits per heavy atom. The smallest absolute Gasteiger partial charge is 0.356 e. The van der Waals surface area contributed by atoms with Gasteiger partial charge >= 0.3 is 5.63 Å². The fourth-order valence-electron chi connectivity index (χ4n) is 3.80. The molecule has 2 heterocycles. The Bertz CT molecular complexity index is 1060.